The minimum absolute atomic E-state index is 0.110. The van der Waals surface area contributed by atoms with Gasteiger partial charge in [0.25, 0.3) is 0 Å². The molecule has 1 unspecified atom stereocenters. The maximum Gasteiger partial charge on any atom is 0.106 e. The van der Waals surface area contributed by atoms with Crippen molar-refractivity contribution in [1.29, 1.82) is 0 Å². The van der Waals surface area contributed by atoms with Crippen LogP contribution >= 0.6 is 0 Å². The van der Waals surface area contributed by atoms with Gasteiger partial charge >= 0.3 is 0 Å². The zero-order valence-corrected chi connectivity index (χ0v) is 6.07. The predicted octanol–water partition coefficient (Wildman–Crippen LogP) is -0.501. The van der Waals surface area contributed by atoms with Crippen molar-refractivity contribution in [2.24, 2.45) is 5.92 Å². The standard InChI is InChI=1S/C7H14O3/c1-4-2-3-5(8)7(10)6(4)9/h4-10H,2-3H2,1H3/t4-,5?,6-,7+/m0/s1. The molecule has 1 aliphatic rings. The van der Waals surface area contributed by atoms with Gasteiger partial charge in [-0.3, -0.25) is 0 Å². The maximum absolute atomic E-state index is 9.21. The van der Waals surface area contributed by atoms with Crippen molar-refractivity contribution in [3.63, 3.8) is 0 Å². The fourth-order valence-corrected chi connectivity index (χ4v) is 1.34. The molecule has 0 aromatic carbocycles. The van der Waals surface area contributed by atoms with Crippen molar-refractivity contribution >= 4 is 0 Å². The van der Waals surface area contributed by atoms with E-state index in [1.165, 1.54) is 0 Å². The quantitative estimate of drug-likeness (QED) is 0.431. The fourth-order valence-electron chi connectivity index (χ4n) is 1.34. The molecule has 3 N–H and O–H groups in total. The molecule has 0 bridgehead atoms. The van der Waals surface area contributed by atoms with Gasteiger partial charge in [0.05, 0.1) is 12.2 Å². The highest BCUT2D eigenvalue weighted by atomic mass is 16.4. The first-order chi connectivity index (χ1) is 4.63. The van der Waals surface area contributed by atoms with E-state index in [-0.39, 0.29) is 5.92 Å². The Morgan fingerprint density at radius 1 is 1.00 bits per heavy atom. The van der Waals surface area contributed by atoms with Gasteiger partial charge in [0.1, 0.15) is 6.10 Å². The number of hydrogen-bond acceptors (Lipinski definition) is 3. The molecule has 0 aromatic rings. The molecule has 0 spiro atoms. The molecule has 0 aromatic heterocycles. The second-order valence-electron chi connectivity index (χ2n) is 3.10. The average molecular weight is 146 g/mol. The van der Waals surface area contributed by atoms with Gasteiger partial charge in [-0.1, -0.05) is 6.92 Å². The van der Waals surface area contributed by atoms with Crippen LogP contribution in [-0.4, -0.2) is 33.6 Å². The molecule has 1 saturated carbocycles. The Hall–Kier alpha value is -0.120. The zero-order chi connectivity index (χ0) is 7.72. The van der Waals surface area contributed by atoms with Crippen LogP contribution in [0.25, 0.3) is 0 Å². The second-order valence-corrected chi connectivity index (χ2v) is 3.10. The van der Waals surface area contributed by atoms with E-state index in [1.54, 1.807) is 0 Å². The third-order valence-electron chi connectivity index (χ3n) is 2.24. The first-order valence-electron chi connectivity index (χ1n) is 3.67. The molecule has 3 nitrogen and oxygen atoms in total. The van der Waals surface area contributed by atoms with E-state index in [4.69, 9.17) is 10.2 Å². The predicted molar refractivity (Wildman–Crippen MR) is 36.4 cm³/mol. The van der Waals surface area contributed by atoms with Gasteiger partial charge in [0.15, 0.2) is 0 Å². The van der Waals surface area contributed by atoms with Crippen molar-refractivity contribution in [2.75, 3.05) is 0 Å². The Labute approximate surface area is 60.3 Å². The Morgan fingerprint density at radius 2 is 1.60 bits per heavy atom. The molecule has 3 heteroatoms. The van der Waals surface area contributed by atoms with Gasteiger partial charge in [0.2, 0.25) is 0 Å². The van der Waals surface area contributed by atoms with Gasteiger partial charge in [-0.25, -0.2) is 0 Å². The molecule has 1 fully saturated rings. The minimum Gasteiger partial charge on any atom is -0.390 e. The monoisotopic (exact) mass is 146 g/mol. The third-order valence-corrected chi connectivity index (χ3v) is 2.24. The second kappa shape index (κ2) is 2.86. The van der Waals surface area contributed by atoms with Crippen LogP contribution in [0.4, 0.5) is 0 Å². The summed E-state index contributed by atoms with van der Waals surface area (Å²) in [7, 11) is 0. The van der Waals surface area contributed by atoms with Gasteiger partial charge in [-0.2, -0.15) is 0 Å². The summed E-state index contributed by atoms with van der Waals surface area (Å²) in [6.45, 7) is 1.87. The van der Waals surface area contributed by atoms with Crippen LogP contribution < -0.4 is 0 Å². The van der Waals surface area contributed by atoms with Crippen LogP contribution in [0.1, 0.15) is 19.8 Å². The molecule has 0 heterocycles. The van der Waals surface area contributed by atoms with Crippen LogP contribution in [0.2, 0.25) is 0 Å². The summed E-state index contributed by atoms with van der Waals surface area (Å²) in [5, 5.41) is 27.4. The van der Waals surface area contributed by atoms with Gasteiger partial charge in [-0.15, -0.1) is 0 Å². The first-order valence-corrected chi connectivity index (χ1v) is 3.67. The van der Waals surface area contributed by atoms with E-state index in [0.29, 0.717) is 6.42 Å². The van der Waals surface area contributed by atoms with Gasteiger partial charge < -0.3 is 15.3 Å². The van der Waals surface area contributed by atoms with Crippen LogP contribution in [0.3, 0.4) is 0 Å². The van der Waals surface area contributed by atoms with Crippen LogP contribution in [-0.2, 0) is 0 Å². The topological polar surface area (TPSA) is 60.7 Å². The van der Waals surface area contributed by atoms with Crippen molar-refractivity contribution < 1.29 is 15.3 Å². The summed E-state index contributed by atoms with van der Waals surface area (Å²) in [4.78, 5) is 0. The molecular weight excluding hydrogens is 132 g/mol. The molecule has 10 heavy (non-hydrogen) atoms. The van der Waals surface area contributed by atoms with Crippen LogP contribution in [0, 0.1) is 5.92 Å². The van der Waals surface area contributed by atoms with E-state index in [0.717, 1.165) is 6.42 Å². The van der Waals surface area contributed by atoms with E-state index < -0.39 is 18.3 Å². The lowest BCUT2D eigenvalue weighted by Gasteiger charge is -2.32. The lowest BCUT2D eigenvalue weighted by Crippen LogP contribution is -2.45. The number of aliphatic hydroxyl groups is 3. The van der Waals surface area contributed by atoms with Crippen molar-refractivity contribution in [3.8, 4) is 0 Å². The molecule has 4 atom stereocenters. The Balaban J connectivity index is 2.52. The largest absolute Gasteiger partial charge is 0.390 e. The molecule has 0 aliphatic heterocycles. The SMILES string of the molecule is C[C@H]1CCC(O)[C@@H](O)[C@H]1O. The summed E-state index contributed by atoms with van der Waals surface area (Å²) in [6, 6.07) is 0. The molecule has 0 radical (unpaired) electrons. The summed E-state index contributed by atoms with van der Waals surface area (Å²) in [5.41, 5.74) is 0. The minimum atomic E-state index is -0.941. The summed E-state index contributed by atoms with van der Waals surface area (Å²) < 4.78 is 0. The van der Waals surface area contributed by atoms with Crippen LogP contribution in [0.5, 0.6) is 0 Å². The highest BCUT2D eigenvalue weighted by molar-refractivity contribution is 4.84. The van der Waals surface area contributed by atoms with Gasteiger partial charge in [0, 0.05) is 0 Å². The number of hydrogen-bond donors (Lipinski definition) is 3. The lowest BCUT2D eigenvalue weighted by molar-refractivity contribution is -0.106. The number of aliphatic hydroxyl groups excluding tert-OH is 3. The molecule has 0 amide bonds. The Bertz CT molecular complexity index is 101. The first kappa shape index (κ1) is 7.98. The van der Waals surface area contributed by atoms with Gasteiger partial charge in [-0.05, 0) is 18.8 Å². The Morgan fingerprint density at radius 3 is 2.10 bits per heavy atom. The molecule has 0 saturated heterocycles. The molecule has 60 valence electrons. The maximum atomic E-state index is 9.21. The summed E-state index contributed by atoms with van der Waals surface area (Å²) in [5.74, 6) is 0.110. The molecule has 1 rings (SSSR count). The van der Waals surface area contributed by atoms with Crippen molar-refractivity contribution in [2.45, 2.75) is 38.1 Å². The lowest BCUT2D eigenvalue weighted by atomic mass is 9.84. The van der Waals surface area contributed by atoms with Crippen LogP contribution in [0.15, 0.2) is 0 Å². The summed E-state index contributed by atoms with van der Waals surface area (Å²) >= 11 is 0. The van der Waals surface area contributed by atoms with E-state index >= 15 is 0 Å². The molecule has 1 aliphatic carbocycles. The smallest absolute Gasteiger partial charge is 0.106 e. The summed E-state index contributed by atoms with van der Waals surface area (Å²) in [6.07, 6.45) is -1.03. The Kier molecular flexibility index (Phi) is 2.28. The van der Waals surface area contributed by atoms with E-state index in [1.807, 2.05) is 6.92 Å². The highest BCUT2D eigenvalue weighted by Gasteiger charge is 2.33. The average Bonchev–Trinajstić information content (AvgIpc) is 1.93. The van der Waals surface area contributed by atoms with E-state index in [2.05, 4.69) is 0 Å². The number of rotatable bonds is 0. The zero-order valence-electron chi connectivity index (χ0n) is 6.07. The molecular formula is C7H14O3. The van der Waals surface area contributed by atoms with Crippen molar-refractivity contribution in [3.05, 3.63) is 0 Å². The third kappa shape index (κ3) is 1.31. The highest BCUT2D eigenvalue weighted by Crippen LogP contribution is 2.24. The van der Waals surface area contributed by atoms with Crippen molar-refractivity contribution in [1.82, 2.24) is 0 Å². The fraction of sp³-hybridized carbons (Fsp3) is 1.00. The van der Waals surface area contributed by atoms with E-state index in [9.17, 15) is 5.11 Å². The normalized spacial score (nSPS) is 49.2.